The van der Waals surface area contributed by atoms with E-state index in [4.69, 9.17) is 5.11 Å². The van der Waals surface area contributed by atoms with Gasteiger partial charge in [-0.05, 0) is 5.56 Å². The van der Waals surface area contributed by atoms with E-state index < -0.39 is 0 Å². The molecule has 0 radical (unpaired) electrons. The zero-order valence-electron chi connectivity index (χ0n) is 8.39. The summed E-state index contributed by atoms with van der Waals surface area (Å²) in [6.07, 6.45) is 10.0. The first kappa shape index (κ1) is 17.2. The van der Waals surface area contributed by atoms with Gasteiger partial charge in [0.15, 0.2) is 0 Å². The van der Waals surface area contributed by atoms with Gasteiger partial charge < -0.3 is 5.11 Å². The molecule has 0 aliphatic heterocycles. The van der Waals surface area contributed by atoms with Crippen molar-refractivity contribution in [2.24, 2.45) is 0 Å². The third kappa shape index (κ3) is 8.80. The second kappa shape index (κ2) is 11.9. The van der Waals surface area contributed by atoms with Crippen LogP contribution in [0.3, 0.4) is 0 Å². The van der Waals surface area contributed by atoms with Crippen LogP contribution >= 0.6 is 12.4 Å². The molecule has 15 heavy (non-hydrogen) atoms. The summed E-state index contributed by atoms with van der Waals surface area (Å²) in [6.45, 7) is 0.140. The average Bonchev–Trinajstić information content (AvgIpc) is 2.77. The second-order valence-electron chi connectivity index (χ2n) is 2.65. The monoisotopic (exact) mass is 299 g/mol. The fourth-order valence-electron chi connectivity index (χ4n) is 0.924. The van der Waals surface area contributed by atoms with Crippen LogP contribution in [0.15, 0.2) is 48.6 Å². The standard InChI is InChI=1S/C7H8O.C5H5.ClH.Zr/c8-6-7-4-2-1-3-5-7;1-2-4-5-3-1;;/h1-5,8H,6H2;1-3H,4H2;1H;/q;-1;;. The van der Waals surface area contributed by atoms with Gasteiger partial charge in [0.05, 0.1) is 6.61 Å². The van der Waals surface area contributed by atoms with Crippen LogP contribution in [0.2, 0.25) is 0 Å². The molecule has 1 N–H and O–H groups in total. The van der Waals surface area contributed by atoms with E-state index >= 15 is 0 Å². The number of hydrogen-bond acceptors (Lipinski definition) is 1. The molecule has 0 fully saturated rings. The van der Waals surface area contributed by atoms with Crippen LogP contribution in [-0.2, 0) is 32.8 Å². The van der Waals surface area contributed by atoms with Crippen molar-refractivity contribution in [2.45, 2.75) is 13.0 Å². The van der Waals surface area contributed by atoms with Gasteiger partial charge in [-0.1, -0.05) is 30.3 Å². The number of allylic oxidation sites excluding steroid dienone is 4. The van der Waals surface area contributed by atoms with Crippen molar-refractivity contribution in [3.8, 4) is 0 Å². The van der Waals surface area contributed by atoms with E-state index in [1.54, 1.807) is 0 Å². The number of aliphatic hydroxyl groups is 1. The molecule has 0 heterocycles. The van der Waals surface area contributed by atoms with E-state index in [1.807, 2.05) is 42.5 Å². The minimum Gasteiger partial charge on any atom is -0.392 e. The van der Waals surface area contributed by atoms with Crippen molar-refractivity contribution in [3.63, 3.8) is 0 Å². The molecule has 0 spiro atoms. The van der Waals surface area contributed by atoms with Crippen molar-refractivity contribution in [1.82, 2.24) is 0 Å². The maximum Gasteiger partial charge on any atom is 0.0681 e. The average molecular weight is 301 g/mol. The van der Waals surface area contributed by atoms with Gasteiger partial charge in [-0.15, -0.1) is 18.8 Å². The SMILES string of the molecule is Cl.OCc1ccccc1.[C-]1=CC=CC1.[Zr]. The summed E-state index contributed by atoms with van der Waals surface area (Å²) in [5.41, 5.74) is 0.965. The van der Waals surface area contributed by atoms with Gasteiger partial charge in [0.25, 0.3) is 0 Å². The van der Waals surface area contributed by atoms with E-state index in [0.29, 0.717) is 0 Å². The van der Waals surface area contributed by atoms with Gasteiger partial charge in [0.2, 0.25) is 0 Å². The topological polar surface area (TPSA) is 20.2 Å². The van der Waals surface area contributed by atoms with E-state index in [1.165, 1.54) is 0 Å². The zero-order chi connectivity index (χ0) is 9.36. The summed E-state index contributed by atoms with van der Waals surface area (Å²) < 4.78 is 0. The van der Waals surface area contributed by atoms with Crippen LogP contribution in [0.1, 0.15) is 12.0 Å². The molecule has 0 unspecified atom stereocenters. The predicted molar refractivity (Wildman–Crippen MR) is 61.2 cm³/mol. The third-order valence-corrected chi connectivity index (χ3v) is 1.61. The molecule has 1 aromatic rings. The molecular weight excluding hydrogens is 287 g/mol. The minimum atomic E-state index is 0. The Hall–Kier alpha value is -0.167. The van der Waals surface area contributed by atoms with Crippen LogP contribution in [0.4, 0.5) is 0 Å². The Bertz CT molecular complexity index is 273. The molecule has 80 valence electrons. The summed E-state index contributed by atoms with van der Waals surface area (Å²) >= 11 is 0. The van der Waals surface area contributed by atoms with Crippen molar-refractivity contribution in [3.05, 3.63) is 60.2 Å². The molecule has 0 amide bonds. The smallest absolute Gasteiger partial charge is 0.0681 e. The Morgan fingerprint density at radius 2 is 1.87 bits per heavy atom. The molecule has 0 saturated carbocycles. The van der Waals surface area contributed by atoms with Gasteiger partial charge in [0, 0.05) is 26.2 Å². The first-order chi connectivity index (χ1) is 6.43. The fourth-order valence-corrected chi connectivity index (χ4v) is 0.924. The number of aliphatic hydroxyl groups excluding tert-OH is 1. The zero-order valence-corrected chi connectivity index (χ0v) is 11.7. The Morgan fingerprint density at radius 1 is 1.20 bits per heavy atom. The Kier molecular flexibility index (Phi) is 13.7. The quantitative estimate of drug-likeness (QED) is 0.791. The van der Waals surface area contributed by atoms with Gasteiger partial charge in [-0.3, -0.25) is 6.08 Å². The molecule has 1 aliphatic rings. The van der Waals surface area contributed by atoms with Crippen LogP contribution in [-0.4, -0.2) is 5.11 Å². The summed E-state index contributed by atoms with van der Waals surface area (Å²) in [7, 11) is 0. The fraction of sp³-hybridized carbons (Fsp3) is 0.167. The van der Waals surface area contributed by atoms with E-state index in [2.05, 4.69) is 12.2 Å². The van der Waals surface area contributed by atoms with Gasteiger partial charge in [0.1, 0.15) is 0 Å². The van der Waals surface area contributed by atoms with Crippen LogP contribution in [0.25, 0.3) is 0 Å². The summed E-state index contributed by atoms with van der Waals surface area (Å²) in [5.74, 6) is 0. The molecule has 2 rings (SSSR count). The summed E-state index contributed by atoms with van der Waals surface area (Å²) in [4.78, 5) is 0. The normalized spacial score (nSPS) is 10.7. The van der Waals surface area contributed by atoms with Gasteiger partial charge in [-0.2, -0.15) is 6.08 Å². The van der Waals surface area contributed by atoms with E-state index in [9.17, 15) is 0 Å². The first-order valence-corrected chi connectivity index (χ1v) is 4.30. The van der Waals surface area contributed by atoms with Crippen molar-refractivity contribution >= 4 is 12.4 Å². The molecular formula is C12H14ClOZr-. The molecule has 0 atom stereocenters. The predicted octanol–water partition coefficient (Wildman–Crippen LogP) is 2.90. The number of halogens is 1. The Morgan fingerprint density at radius 3 is 2.13 bits per heavy atom. The van der Waals surface area contributed by atoms with Crippen LogP contribution in [0, 0.1) is 6.08 Å². The molecule has 0 saturated heterocycles. The maximum absolute atomic E-state index is 8.54. The molecule has 3 heteroatoms. The molecule has 0 aromatic heterocycles. The van der Waals surface area contributed by atoms with Gasteiger partial charge >= 0.3 is 0 Å². The second-order valence-corrected chi connectivity index (χ2v) is 2.65. The van der Waals surface area contributed by atoms with Crippen molar-refractivity contribution in [1.29, 1.82) is 0 Å². The largest absolute Gasteiger partial charge is 0.392 e. The first-order valence-electron chi connectivity index (χ1n) is 4.30. The molecule has 1 nitrogen and oxygen atoms in total. The third-order valence-electron chi connectivity index (χ3n) is 1.61. The number of benzene rings is 1. The van der Waals surface area contributed by atoms with Crippen LogP contribution < -0.4 is 0 Å². The van der Waals surface area contributed by atoms with E-state index in [0.717, 1.165) is 12.0 Å². The Labute approximate surface area is 116 Å². The van der Waals surface area contributed by atoms with Crippen molar-refractivity contribution in [2.75, 3.05) is 0 Å². The molecule has 1 aromatic carbocycles. The van der Waals surface area contributed by atoms with Crippen molar-refractivity contribution < 1.29 is 31.3 Å². The molecule has 1 aliphatic carbocycles. The minimum absolute atomic E-state index is 0. The summed E-state index contributed by atoms with van der Waals surface area (Å²) in [6, 6.07) is 9.52. The molecule has 0 bridgehead atoms. The van der Waals surface area contributed by atoms with Gasteiger partial charge in [-0.25, -0.2) is 12.2 Å². The number of hydrogen-bond donors (Lipinski definition) is 1. The summed E-state index contributed by atoms with van der Waals surface area (Å²) in [5, 5.41) is 8.54. The number of rotatable bonds is 1. The van der Waals surface area contributed by atoms with Crippen LogP contribution in [0.5, 0.6) is 0 Å². The van der Waals surface area contributed by atoms with E-state index in [-0.39, 0.29) is 45.2 Å². The maximum atomic E-state index is 8.54. The Balaban J connectivity index is 0.